The first kappa shape index (κ1) is 19.5. The fourth-order valence-corrected chi connectivity index (χ4v) is 3.78. The third kappa shape index (κ3) is 5.88. The molecule has 2 N–H and O–H groups in total. The maximum absolute atomic E-state index is 11.6. The molecule has 1 atom stereocenters. The highest BCUT2D eigenvalue weighted by atomic mass is 32.2. The lowest BCUT2D eigenvalue weighted by molar-refractivity contribution is -0.138. The quantitative estimate of drug-likeness (QED) is 0.553. The fraction of sp³-hybridized carbons (Fsp3) is 0.444. The normalized spacial score (nSPS) is 23.2. The molecule has 2 aliphatic heterocycles. The standard InChI is InChI=1S/C18H23N5O3S/c1-22-6-8-23(9-7-22)12-14-4-2-13(3-5-14)11-19-21-18-20-17(26)15(27-18)10-16(24)25/h2-5,11,15H,6-10,12H2,1H3,(H,24,25)(H,20,21,26). The van der Waals surface area contributed by atoms with Crippen molar-refractivity contribution in [3.05, 3.63) is 35.4 Å². The van der Waals surface area contributed by atoms with Gasteiger partial charge in [0, 0.05) is 32.7 Å². The smallest absolute Gasteiger partial charge is 0.305 e. The van der Waals surface area contributed by atoms with Crippen LogP contribution in [-0.2, 0) is 16.1 Å². The van der Waals surface area contributed by atoms with Gasteiger partial charge in [0.2, 0.25) is 5.91 Å². The van der Waals surface area contributed by atoms with E-state index in [1.54, 1.807) is 6.21 Å². The van der Waals surface area contributed by atoms with E-state index >= 15 is 0 Å². The van der Waals surface area contributed by atoms with Gasteiger partial charge in [-0.2, -0.15) is 5.10 Å². The van der Waals surface area contributed by atoms with Gasteiger partial charge in [-0.15, -0.1) is 5.10 Å². The maximum Gasteiger partial charge on any atom is 0.305 e. The number of benzene rings is 1. The highest BCUT2D eigenvalue weighted by molar-refractivity contribution is 8.15. The summed E-state index contributed by atoms with van der Waals surface area (Å²) < 4.78 is 0. The van der Waals surface area contributed by atoms with Gasteiger partial charge < -0.3 is 15.3 Å². The lowest BCUT2D eigenvalue weighted by atomic mass is 10.1. The van der Waals surface area contributed by atoms with Crippen LogP contribution in [0, 0.1) is 0 Å². The number of carbonyl (C=O) groups excluding carboxylic acids is 1. The number of hydrogen-bond donors (Lipinski definition) is 2. The molecule has 9 heteroatoms. The summed E-state index contributed by atoms with van der Waals surface area (Å²) in [7, 11) is 2.15. The first-order valence-corrected chi connectivity index (χ1v) is 9.68. The minimum atomic E-state index is -1.01. The Bertz CT molecular complexity index is 742. The van der Waals surface area contributed by atoms with E-state index in [9.17, 15) is 9.59 Å². The van der Waals surface area contributed by atoms with Crippen molar-refractivity contribution in [2.24, 2.45) is 10.2 Å². The Hall–Kier alpha value is -2.23. The molecule has 1 amide bonds. The van der Waals surface area contributed by atoms with Crippen molar-refractivity contribution in [3.8, 4) is 0 Å². The van der Waals surface area contributed by atoms with Crippen LogP contribution in [0.25, 0.3) is 0 Å². The molecule has 1 aromatic carbocycles. The van der Waals surface area contributed by atoms with Crippen LogP contribution >= 0.6 is 11.8 Å². The Morgan fingerprint density at radius 3 is 2.67 bits per heavy atom. The SMILES string of the molecule is CN1CCN(Cc2ccc(C=NN=C3NC(=O)C(CC(=O)O)S3)cc2)CC1. The van der Waals surface area contributed by atoms with Crippen LogP contribution in [0.15, 0.2) is 34.5 Å². The molecule has 0 bridgehead atoms. The van der Waals surface area contributed by atoms with Gasteiger partial charge in [-0.25, -0.2) is 0 Å². The molecule has 0 saturated carbocycles. The summed E-state index contributed by atoms with van der Waals surface area (Å²) in [5, 5.41) is 18.9. The number of carbonyl (C=O) groups is 2. The van der Waals surface area contributed by atoms with Crippen LogP contribution in [0.3, 0.4) is 0 Å². The van der Waals surface area contributed by atoms with E-state index in [4.69, 9.17) is 5.11 Å². The van der Waals surface area contributed by atoms with Gasteiger partial charge in [0.25, 0.3) is 0 Å². The molecule has 2 fully saturated rings. The Kier molecular flexibility index (Phi) is 6.59. The molecule has 1 aromatic rings. The number of amides is 1. The van der Waals surface area contributed by atoms with E-state index < -0.39 is 11.2 Å². The minimum Gasteiger partial charge on any atom is -0.481 e. The lowest BCUT2D eigenvalue weighted by Crippen LogP contribution is -2.43. The number of likely N-dealkylation sites (N-methyl/N-ethyl adjacent to an activating group) is 1. The molecule has 2 heterocycles. The van der Waals surface area contributed by atoms with Crippen molar-refractivity contribution in [3.63, 3.8) is 0 Å². The second kappa shape index (κ2) is 9.12. The van der Waals surface area contributed by atoms with Crippen LogP contribution in [0.2, 0.25) is 0 Å². The Morgan fingerprint density at radius 1 is 1.30 bits per heavy atom. The number of thioether (sulfide) groups is 1. The summed E-state index contributed by atoms with van der Waals surface area (Å²) in [6.07, 6.45) is 1.39. The Labute approximate surface area is 162 Å². The summed E-state index contributed by atoms with van der Waals surface area (Å²) in [5.74, 6) is -1.35. The molecule has 1 unspecified atom stereocenters. The van der Waals surface area contributed by atoms with E-state index in [1.165, 1.54) is 5.56 Å². The Balaban J connectivity index is 1.51. The van der Waals surface area contributed by atoms with Crippen molar-refractivity contribution in [2.45, 2.75) is 18.2 Å². The first-order chi connectivity index (χ1) is 13.0. The van der Waals surface area contributed by atoms with E-state index in [1.807, 2.05) is 12.1 Å². The molecular formula is C18H23N5O3S. The largest absolute Gasteiger partial charge is 0.481 e. The van der Waals surface area contributed by atoms with E-state index in [0.29, 0.717) is 5.17 Å². The number of amidine groups is 1. The molecule has 3 rings (SSSR count). The molecule has 2 aliphatic rings. The van der Waals surface area contributed by atoms with Gasteiger partial charge in [-0.1, -0.05) is 36.0 Å². The summed E-state index contributed by atoms with van der Waals surface area (Å²) in [5.41, 5.74) is 2.18. The van der Waals surface area contributed by atoms with Crippen molar-refractivity contribution >= 4 is 35.0 Å². The van der Waals surface area contributed by atoms with Gasteiger partial charge in [-0.05, 0) is 18.2 Å². The van der Waals surface area contributed by atoms with Crippen molar-refractivity contribution in [2.75, 3.05) is 33.2 Å². The molecule has 144 valence electrons. The zero-order valence-electron chi connectivity index (χ0n) is 15.2. The Morgan fingerprint density at radius 2 is 2.00 bits per heavy atom. The van der Waals surface area contributed by atoms with Crippen LogP contribution in [-0.4, -0.2) is 76.6 Å². The van der Waals surface area contributed by atoms with Crippen molar-refractivity contribution in [1.29, 1.82) is 0 Å². The number of carboxylic acid groups (broad SMARTS) is 1. The monoisotopic (exact) mass is 389 g/mol. The summed E-state index contributed by atoms with van der Waals surface area (Å²) >= 11 is 1.09. The van der Waals surface area contributed by atoms with Gasteiger partial charge >= 0.3 is 5.97 Å². The molecule has 0 spiro atoms. The van der Waals surface area contributed by atoms with Gasteiger partial charge in [0.1, 0.15) is 5.25 Å². The number of rotatable bonds is 6. The van der Waals surface area contributed by atoms with E-state index in [0.717, 1.165) is 50.0 Å². The van der Waals surface area contributed by atoms with Gasteiger partial charge in [0.15, 0.2) is 5.17 Å². The summed E-state index contributed by atoms with van der Waals surface area (Å²) in [6.45, 7) is 5.33. The molecule has 0 radical (unpaired) electrons. The van der Waals surface area contributed by atoms with E-state index in [-0.39, 0.29) is 12.3 Å². The lowest BCUT2D eigenvalue weighted by Gasteiger charge is -2.32. The fourth-order valence-electron chi connectivity index (χ4n) is 2.87. The average molecular weight is 389 g/mol. The predicted molar refractivity (Wildman–Crippen MR) is 106 cm³/mol. The molecule has 0 aliphatic carbocycles. The third-order valence-corrected chi connectivity index (χ3v) is 5.55. The van der Waals surface area contributed by atoms with Crippen molar-refractivity contribution in [1.82, 2.24) is 15.1 Å². The van der Waals surface area contributed by atoms with Crippen molar-refractivity contribution < 1.29 is 14.7 Å². The van der Waals surface area contributed by atoms with Crippen LogP contribution in [0.1, 0.15) is 17.5 Å². The number of hydrogen-bond acceptors (Lipinski definition) is 7. The van der Waals surface area contributed by atoms with Crippen LogP contribution in [0.4, 0.5) is 0 Å². The summed E-state index contributed by atoms with van der Waals surface area (Å²) in [6, 6.07) is 8.15. The second-order valence-electron chi connectivity index (χ2n) is 6.66. The van der Waals surface area contributed by atoms with Crippen LogP contribution < -0.4 is 5.32 Å². The number of nitrogens with one attached hydrogen (secondary N) is 1. The molecule has 0 aromatic heterocycles. The molecule has 2 saturated heterocycles. The first-order valence-electron chi connectivity index (χ1n) is 8.80. The molecule has 27 heavy (non-hydrogen) atoms. The van der Waals surface area contributed by atoms with E-state index in [2.05, 4.69) is 44.5 Å². The van der Waals surface area contributed by atoms with Gasteiger partial charge in [-0.3, -0.25) is 14.5 Å². The zero-order valence-corrected chi connectivity index (χ0v) is 16.0. The van der Waals surface area contributed by atoms with Gasteiger partial charge in [0.05, 0.1) is 12.6 Å². The predicted octanol–water partition coefficient (Wildman–Crippen LogP) is 0.830. The minimum absolute atomic E-state index is 0.228. The molecule has 8 nitrogen and oxygen atoms in total. The topological polar surface area (TPSA) is 97.6 Å². The highest BCUT2D eigenvalue weighted by Gasteiger charge is 2.32. The zero-order chi connectivity index (χ0) is 19.2. The molecular weight excluding hydrogens is 366 g/mol. The third-order valence-electron chi connectivity index (χ3n) is 4.47. The average Bonchev–Trinajstić information content (AvgIpc) is 2.97. The number of carboxylic acids is 1. The number of nitrogens with zero attached hydrogens (tertiary/aromatic N) is 4. The van der Waals surface area contributed by atoms with Crippen LogP contribution in [0.5, 0.6) is 0 Å². The summed E-state index contributed by atoms with van der Waals surface area (Å²) in [4.78, 5) is 27.1. The highest BCUT2D eigenvalue weighted by Crippen LogP contribution is 2.22. The maximum atomic E-state index is 11.6. The number of aliphatic carboxylic acids is 1. The second-order valence-corrected chi connectivity index (χ2v) is 7.86. The number of piperazine rings is 1.